The molecule has 2 atom stereocenters. The van der Waals surface area contributed by atoms with E-state index in [0.29, 0.717) is 18.4 Å². The van der Waals surface area contributed by atoms with Crippen LogP contribution in [0.5, 0.6) is 5.75 Å². The maximum atomic E-state index is 13.9. The van der Waals surface area contributed by atoms with Crippen LogP contribution >= 0.6 is 0 Å². The van der Waals surface area contributed by atoms with Gasteiger partial charge in [-0.15, -0.1) is 0 Å². The van der Waals surface area contributed by atoms with E-state index in [1.54, 1.807) is 31.3 Å². The van der Waals surface area contributed by atoms with Crippen molar-refractivity contribution in [3.8, 4) is 5.75 Å². The van der Waals surface area contributed by atoms with Gasteiger partial charge in [0.2, 0.25) is 15.9 Å². The second-order valence-electron chi connectivity index (χ2n) is 12.7. The van der Waals surface area contributed by atoms with E-state index in [9.17, 15) is 27.9 Å². The number of ketones is 2. The number of hydrogen-bond donors (Lipinski definition) is 2. The summed E-state index contributed by atoms with van der Waals surface area (Å²) in [5, 5.41) is 9.72. The van der Waals surface area contributed by atoms with Crippen LogP contribution in [-0.4, -0.2) is 55.5 Å². The van der Waals surface area contributed by atoms with Crippen molar-refractivity contribution in [2.24, 2.45) is 11.3 Å². The van der Waals surface area contributed by atoms with Crippen LogP contribution in [0.3, 0.4) is 0 Å². The summed E-state index contributed by atoms with van der Waals surface area (Å²) in [6.45, 7) is 7.94. The number of amides is 1. The highest BCUT2D eigenvalue weighted by Gasteiger charge is 2.32. The van der Waals surface area contributed by atoms with Gasteiger partial charge in [0.05, 0.1) is 17.5 Å². The molecule has 0 fully saturated rings. The number of hydrogen-bond acceptors (Lipinski definition) is 6. The zero-order valence-corrected chi connectivity index (χ0v) is 27.1. The fraction of sp³-hybridized carbons (Fsp3) is 0.400. The number of Topliss-reactive ketones (excluding diaryl/α,β-unsaturated/α-hetero) is 2. The summed E-state index contributed by atoms with van der Waals surface area (Å²) in [6.07, 6.45) is 1.09. The van der Waals surface area contributed by atoms with E-state index in [0.717, 1.165) is 11.1 Å². The molecule has 0 unspecified atom stereocenters. The number of rotatable bonds is 15. The monoisotopic (exact) mass is 620 g/mol. The number of likely N-dealkylation sites (N-methyl/N-ethyl adjacent to an activating group) is 1. The third-order valence-electron chi connectivity index (χ3n) is 7.46. The number of sulfonamides is 1. The van der Waals surface area contributed by atoms with Gasteiger partial charge in [-0.25, -0.2) is 13.1 Å². The van der Waals surface area contributed by atoms with Crippen LogP contribution in [0, 0.1) is 18.3 Å². The average Bonchev–Trinajstić information content (AvgIpc) is 2.96. The van der Waals surface area contributed by atoms with Gasteiger partial charge in [-0.2, -0.15) is 0 Å². The third kappa shape index (κ3) is 11.0. The molecule has 2 N–H and O–H groups in total. The molecule has 0 bridgehead atoms. The molecule has 0 aliphatic rings. The van der Waals surface area contributed by atoms with Gasteiger partial charge in [-0.3, -0.25) is 14.4 Å². The quantitative estimate of drug-likeness (QED) is 0.239. The number of carbonyl (C=O) groups excluding carboxylic acids is 3. The van der Waals surface area contributed by atoms with Crippen molar-refractivity contribution in [3.05, 3.63) is 95.6 Å². The maximum Gasteiger partial charge on any atom is 0.241 e. The lowest BCUT2D eigenvalue weighted by atomic mass is 9.89. The lowest BCUT2D eigenvalue weighted by molar-refractivity contribution is -0.139. The van der Waals surface area contributed by atoms with Crippen molar-refractivity contribution in [2.45, 2.75) is 70.7 Å². The molecule has 236 valence electrons. The molecule has 0 heterocycles. The van der Waals surface area contributed by atoms with Crippen LogP contribution in [-0.2, 0) is 37.2 Å². The van der Waals surface area contributed by atoms with Crippen LogP contribution < -0.4 is 4.72 Å². The highest BCUT2D eigenvalue weighted by atomic mass is 32.2. The zero-order chi connectivity index (χ0) is 32.5. The minimum absolute atomic E-state index is 0.0149. The Morgan fingerprint density at radius 3 is 2.05 bits per heavy atom. The zero-order valence-electron chi connectivity index (χ0n) is 26.2. The highest BCUT2D eigenvalue weighted by molar-refractivity contribution is 7.89. The number of phenols is 1. The van der Waals surface area contributed by atoms with E-state index in [1.165, 1.54) is 29.2 Å². The summed E-state index contributed by atoms with van der Waals surface area (Å²) in [5.74, 6) is -1.62. The lowest BCUT2D eigenvalue weighted by Gasteiger charge is -2.26. The van der Waals surface area contributed by atoms with Gasteiger partial charge in [-0.05, 0) is 67.0 Å². The number of aryl methyl sites for hydroxylation is 1. The standard InChI is InChI=1S/C35H44N2O6S/c1-25-11-17-31(18-12-25)44(42,43)36-32(22-27-13-15-29(38)16-14-27)33(40)23-28(21-26-9-7-6-8-10-26)34(41)37(5)24-30(39)19-20-35(2,3)4/h6-18,28,32,36,38H,19-24H2,1-5H3/t28-,32-/m0/s1. The highest BCUT2D eigenvalue weighted by Crippen LogP contribution is 2.22. The van der Waals surface area contributed by atoms with Crippen molar-refractivity contribution in [3.63, 3.8) is 0 Å². The number of aromatic hydroxyl groups is 1. The molecule has 0 aromatic heterocycles. The van der Waals surface area contributed by atoms with Crippen molar-refractivity contribution in [1.82, 2.24) is 9.62 Å². The molecule has 1 amide bonds. The topological polar surface area (TPSA) is 121 Å². The summed E-state index contributed by atoms with van der Waals surface area (Å²) in [7, 11) is -2.51. The summed E-state index contributed by atoms with van der Waals surface area (Å²) in [6, 6.07) is 20.6. The van der Waals surface area contributed by atoms with Crippen LogP contribution in [0.15, 0.2) is 83.8 Å². The second kappa shape index (κ2) is 15.3. The first-order valence-electron chi connectivity index (χ1n) is 14.8. The number of benzene rings is 3. The second-order valence-corrected chi connectivity index (χ2v) is 14.4. The minimum atomic E-state index is -4.08. The van der Waals surface area contributed by atoms with Gasteiger partial charge in [0.1, 0.15) is 5.75 Å². The maximum absolute atomic E-state index is 13.9. The first-order valence-corrected chi connectivity index (χ1v) is 16.3. The molecular formula is C35H44N2O6S. The molecular weight excluding hydrogens is 576 g/mol. The summed E-state index contributed by atoms with van der Waals surface area (Å²) < 4.78 is 29.3. The van der Waals surface area contributed by atoms with Crippen LogP contribution in [0.2, 0.25) is 0 Å². The first-order chi connectivity index (χ1) is 20.6. The Morgan fingerprint density at radius 1 is 0.864 bits per heavy atom. The Kier molecular flexibility index (Phi) is 12.0. The molecule has 3 aromatic carbocycles. The molecule has 0 spiro atoms. The summed E-state index contributed by atoms with van der Waals surface area (Å²) in [5.41, 5.74) is 2.37. The van der Waals surface area contributed by atoms with E-state index in [-0.39, 0.29) is 53.6 Å². The summed E-state index contributed by atoms with van der Waals surface area (Å²) >= 11 is 0. The first kappa shape index (κ1) is 34.7. The lowest BCUT2D eigenvalue weighted by Crippen LogP contribution is -2.45. The van der Waals surface area contributed by atoms with Crippen molar-refractivity contribution >= 4 is 27.5 Å². The summed E-state index contributed by atoms with van der Waals surface area (Å²) in [4.78, 5) is 41.8. The Balaban J connectivity index is 1.87. The molecule has 3 rings (SSSR count). The van der Waals surface area contributed by atoms with Gasteiger partial charge in [0.25, 0.3) is 0 Å². The fourth-order valence-electron chi connectivity index (χ4n) is 4.84. The minimum Gasteiger partial charge on any atom is -0.508 e. The average molecular weight is 621 g/mol. The van der Waals surface area contributed by atoms with Crippen LogP contribution in [0.1, 0.15) is 56.7 Å². The molecule has 0 aliphatic heterocycles. The van der Waals surface area contributed by atoms with E-state index >= 15 is 0 Å². The Bertz CT molecular complexity index is 1510. The Hall–Kier alpha value is -3.82. The third-order valence-corrected chi connectivity index (χ3v) is 8.95. The SMILES string of the molecule is Cc1ccc(S(=O)(=O)N[C@@H](Cc2ccc(O)cc2)C(=O)C[C@H](Cc2ccccc2)C(=O)N(C)CC(=O)CCC(C)(C)C)cc1. The van der Waals surface area contributed by atoms with Gasteiger partial charge in [0.15, 0.2) is 11.6 Å². The number of nitrogens with zero attached hydrogens (tertiary/aromatic N) is 1. The normalized spacial score (nSPS) is 13.2. The van der Waals surface area contributed by atoms with Gasteiger partial charge in [-0.1, -0.05) is 80.9 Å². The molecule has 0 saturated carbocycles. The van der Waals surface area contributed by atoms with E-state index in [1.807, 2.05) is 37.3 Å². The molecule has 0 radical (unpaired) electrons. The number of phenolic OH excluding ortho intramolecular Hbond substituents is 1. The smallest absolute Gasteiger partial charge is 0.241 e. The number of carbonyl (C=O) groups is 3. The largest absolute Gasteiger partial charge is 0.508 e. The van der Waals surface area contributed by atoms with Crippen LogP contribution in [0.25, 0.3) is 0 Å². The Labute approximate surface area is 261 Å². The Morgan fingerprint density at radius 2 is 1.45 bits per heavy atom. The number of nitrogens with one attached hydrogen (secondary N) is 1. The predicted octanol–water partition coefficient (Wildman–Crippen LogP) is 5.26. The molecule has 8 nitrogen and oxygen atoms in total. The fourth-order valence-corrected chi connectivity index (χ4v) is 6.06. The van der Waals surface area contributed by atoms with E-state index < -0.39 is 27.8 Å². The molecule has 44 heavy (non-hydrogen) atoms. The van der Waals surface area contributed by atoms with E-state index in [2.05, 4.69) is 25.5 Å². The predicted molar refractivity (Wildman–Crippen MR) is 172 cm³/mol. The molecule has 3 aromatic rings. The van der Waals surface area contributed by atoms with Crippen molar-refractivity contribution < 1.29 is 27.9 Å². The molecule has 9 heteroatoms. The molecule has 0 saturated heterocycles. The van der Waals surface area contributed by atoms with Gasteiger partial charge < -0.3 is 10.0 Å². The molecule has 0 aliphatic carbocycles. The van der Waals surface area contributed by atoms with Gasteiger partial charge in [0, 0.05) is 25.8 Å². The van der Waals surface area contributed by atoms with Crippen molar-refractivity contribution in [2.75, 3.05) is 13.6 Å². The van der Waals surface area contributed by atoms with Crippen LogP contribution in [0.4, 0.5) is 0 Å². The van der Waals surface area contributed by atoms with Gasteiger partial charge >= 0.3 is 0 Å². The van der Waals surface area contributed by atoms with Crippen molar-refractivity contribution in [1.29, 1.82) is 0 Å². The van der Waals surface area contributed by atoms with E-state index in [4.69, 9.17) is 0 Å².